The molecule has 3 aromatic rings. The molecule has 1 nitrogen and oxygen atoms in total. The Morgan fingerprint density at radius 2 is 1.05 bits per heavy atom. The second-order valence-corrected chi connectivity index (χ2v) is 6.53. The molecule has 0 spiro atoms. The van der Waals surface area contributed by atoms with E-state index in [0.29, 0.717) is 0 Å². The van der Waals surface area contributed by atoms with E-state index in [1.807, 2.05) is 36.4 Å². The third kappa shape index (κ3) is 2.76. The van der Waals surface area contributed by atoms with Crippen LogP contribution in [0.25, 0.3) is 20.0 Å². The zero-order valence-electron chi connectivity index (χ0n) is 10.2. The predicted molar refractivity (Wildman–Crippen MR) is 80.5 cm³/mol. The Labute approximate surface area is 117 Å². The molecule has 0 aliphatic heterocycles. The number of hydrogen-bond acceptors (Lipinski definition) is 1. The molecule has 0 atom stereocenters. The van der Waals surface area contributed by atoms with E-state index in [-0.39, 0.29) is 19.9 Å². The first-order chi connectivity index (χ1) is 9.33. The molecule has 2 aromatic carbocycles. The van der Waals surface area contributed by atoms with Crippen LogP contribution in [0.4, 0.5) is 0 Å². The summed E-state index contributed by atoms with van der Waals surface area (Å²) < 4.78 is 2.30. The van der Waals surface area contributed by atoms with Crippen molar-refractivity contribution in [2.24, 2.45) is 0 Å². The Kier molecular flexibility index (Phi) is 3.45. The Morgan fingerprint density at radius 3 is 1.47 bits per heavy atom. The summed E-state index contributed by atoms with van der Waals surface area (Å²) in [6.45, 7) is 0. The maximum absolute atomic E-state index is 11.9. The minimum atomic E-state index is 0.0887. The second-order valence-electron chi connectivity index (χ2n) is 4.25. The number of hydrogen-bond donors (Lipinski definition) is 0. The molecule has 0 radical (unpaired) electrons. The Hall–Kier alpha value is -1.89. The van der Waals surface area contributed by atoms with Gasteiger partial charge in [0.25, 0.3) is 0 Å². The summed E-state index contributed by atoms with van der Waals surface area (Å²) in [6.07, 6.45) is 0. The molecule has 0 N–H and O–H groups in total. The zero-order chi connectivity index (χ0) is 13.1. The third-order valence-electron chi connectivity index (χ3n) is 2.88. The van der Waals surface area contributed by atoms with Crippen LogP contribution in [0.1, 0.15) is 0 Å². The van der Waals surface area contributed by atoms with Gasteiger partial charge in [-0.25, -0.2) is 0 Å². The van der Waals surface area contributed by atoms with Crippen molar-refractivity contribution in [2.45, 2.75) is 0 Å². The molecule has 0 saturated heterocycles. The van der Waals surface area contributed by atoms with Crippen molar-refractivity contribution >= 4 is 14.5 Å². The van der Waals surface area contributed by atoms with Crippen LogP contribution in [0.15, 0.2) is 77.6 Å². The van der Waals surface area contributed by atoms with Crippen LogP contribution >= 0.6 is 0 Å². The fourth-order valence-corrected chi connectivity index (χ4v) is 4.26. The molecule has 0 bridgehead atoms. The molecule has 19 heavy (non-hydrogen) atoms. The Bertz CT molecular complexity index is 669. The van der Waals surface area contributed by atoms with Gasteiger partial charge in [0, 0.05) is 0 Å². The standard InChI is InChI=1S/C17H12OSe/c18-15-11-16(13-7-3-1-4-8-13)19-17(12-15)14-9-5-2-6-10-14/h1-12H. The van der Waals surface area contributed by atoms with Crippen molar-refractivity contribution < 1.29 is 0 Å². The fraction of sp³-hybridized carbons (Fsp3) is 0. The molecule has 1 aromatic heterocycles. The number of benzene rings is 2. The summed E-state index contributed by atoms with van der Waals surface area (Å²) in [5, 5.41) is 0. The molecule has 0 aliphatic rings. The summed E-state index contributed by atoms with van der Waals surface area (Å²) in [7, 11) is 0. The van der Waals surface area contributed by atoms with E-state index in [2.05, 4.69) is 24.3 Å². The molecule has 0 unspecified atom stereocenters. The van der Waals surface area contributed by atoms with Gasteiger partial charge in [0.2, 0.25) is 0 Å². The first-order valence-electron chi connectivity index (χ1n) is 6.09. The van der Waals surface area contributed by atoms with Crippen molar-refractivity contribution in [3.05, 3.63) is 83.0 Å². The van der Waals surface area contributed by atoms with Crippen LogP contribution in [0.2, 0.25) is 0 Å². The van der Waals surface area contributed by atoms with E-state index in [0.717, 1.165) is 20.0 Å². The van der Waals surface area contributed by atoms with Gasteiger partial charge >= 0.3 is 118 Å². The van der Waals surface area contributed by atoms with E-state index in [4.69, 9.17) is 0 Å². The summed E-state index contributed by atoms with van der Waals surface area (Å²) in [4.78, 5) is 11.9. The molecule has 92 valence electrons. The molecule has 0 amide bonds. The average molecular weight is 311 g/mol. The normalized spacial score (nSPS) is 10.3. The zero-order valence-corrected chi connectivity index (χ0v) is 12.0. The quantitative estimate of drug-likeness (QED) is 0.663. The molecule has 0 aliphatic carbocycles. The molecule has 0 fully saturated rings. The summed E-state index contributed by atoms with van der Waals surface area (Å²) in [6, 6.07) is 23.8. The monoisotopic (exact) mass is 312 g/mol. The molecule has 1 heterocycles. The van der Waals surface area contributed by atoms with Crippen molar-refractivity contribution in [3.63, 3.8) is 0 Å². The van der Waals surface area contributed by atoms with Gasteiger partial charge in [-0.1, -0.05) is 0 Å². The predicted octanol–water partition coefficient (Wildman–Crippen LogP) is 3.44. The Balaban J connectivity index is 2.15. The van der Waals surface area contributed by atoms with Gasteiger partial charge in [0.05, 0.1) is 0 Å². The molecule has 0 saturated carbocycles. The van der Waals surface area contributed by atoms with Gasteiger partial charge in [-0.3, -0.25) is 0 Å². The van der Waals surface area contributed by atoms with Crippen molar-refractivity contribution in [1.29, 1.82) is 0 Å². The second kappa shape index (κ2) is 5.39. The van der Waals surface area contributed by atoms with Crippen molar-refractivity contribution in [3.8, 4) is 20.0 Å². The van der Waals surface area contributed by atoms with E-state index in [1.54, 1.807) is 12.1 Å². The van der Waals surface area contributed by atoms with Crippen LogP contribution in [0.5, 0.6) is 0 Å². The van der Waals surface area contributed by atoms with Crippen LogP contribution in [0.3, 0.4) is 0 Å². The van der Waals surface area contributed by atoms with Gasteiger partial charge in [-0.15, -0.1) is 0 Å². The van der Waals surface area contributed by atoms with E-state index in [1.165, 1.54) is 0 Å². The Morgan fingerprint density at radius 1 is 0.632 bits per heavy atom. The van der Waals surface area contributed by atoms with Gasteiger partial charge in [-0.2, -0.15) is 0 Å². The topological polar surface area (TPSA) is 17.1 Å². The minimum absolute atomic E-state index is 0.0887. The first-order valence-corrected chi connectivity index (χ1v) is 7.80. The van der Waals surface area contributed by atoms with Gasteiger partial charge in [0.15, 0.2) is 0 Å². The average Bonchev–Trinajstić information content (AvgIpc) is 2.48. The maximum atomic E-state index is 11.9. The van der Waals surface area contributed by atoms with Crippen molar-refractivity contribution in [1.82, 2.24) is 0 Å². The van der Waals surface area contributed by atoms with Crippen LogP contribution in [0, 0.1) is 0 Å². The summed E-state index contributed by atoms with van der Waals surface area (Å²) in [5.74, 6) is 0. The van der Waals surface area contributed by atoms with E-state index < -0.39 is 0 Å². The van der Waals surface area contributed by atoms with Gasteiger partial charge in [-0.05, 0) is 0 Å². The van der Waals surface area contributed by atoms with Gasteiger partial charge in [0.1, 0.15) is 0 Å². The van der Waals surface area contributed by atoms with E-state index in [9.17, 15) is 4.79 Å². The van der Waals surface area contributed by atoms with Crippen LogP contribution in [-0.4, -0.2) is 14.5 Å². The first kappa shape index (κ1) is 12.2. The molecular formula is C17H12OSe. The van der Waals surface area contributed by atoms with Crippen molar-refractivity contribution in [2.75, 3.05) is 0 Å². The summed E-state index contributed by atoms with van der Waals surface area (Å²) >= 11 is 0.177. The molecule has 3 rings (SSSR count). The molecular weight excluding hydrogens is 299 g/mol. The SMILES string of the molecule is O=c1cc(-c2ccccc2)[se]c(-c2ccccc2)c1. The fourth-order valence-electron chi connectivity index (χ4n) is 1.97. The summed E-state index contributed by atoms with van der Waals surface area (Å²) in [5.41, 5.74) is 2.39. The van der Waals surface area contributed by atoms with Gasteiger partial charge < -0.3 is 0 Å². The number of rotatable bonds is 2. The van der Waals surface area contributed by atoms with E-state index >= 15 is 0 Å². The third-order valence-corrected chi connectivity index (χ3v) is 5.29. The van der Waals surface area contributed by atoms with Crippen LogP contribution in [-0.2, 0) is 0 Å². The molecule has 2 heteroatoms. The van der Waals surface area contributed by atoms with Crippen LogP contribution < -0.4 is 5.43 Å².